The Hall–Kier alpha value is -0.830. The molecule has 3 heteroatoms. The second-order valence-electron chi connectivity index (χ2n) is 6.73. The van der Waals surface area contributed by atoms with E-state index in [4.69, 9.17) is 0 Å². The molecule has 0 amide bonds. The third kappa shape index (κ3) is 3.59. The van der Waals surface area contributed by atoms with Gasteiger partial charge in [-0.15, -0.1) is 0 Å². The van der Waals surface area contributed by atoms with Crippen LogP contribution in [0.2, 0.25) is 0 Å². The standard InChI is InChI=1S/C16H29N3/c1-11(2)15-7-6-12(3)8-16(15)17-9-14-10-19(5)18-13(14)4/h10-12,15-17H,6-9H2,1-5H3. The fraction of sp³-hybridized carbons (Fsp3) is 0.812. The fourth-order valence-electron chi connectivity index (χ4n) is 3.50. The van der Waals surface area contributed by atoms with E-state index in [0.717, 1.165) is 30.0 Å². The van der Waals surface area contributed by atoms with Gasteiger partial charge in [-0.2, -0.15) is 5.10 Å². The summed E-state index contributed by atoms with van der Waals surface area (Å²) in [6.07, 6.45) is 6.23. The molecular weight excluding hydrogens is 234 g/mol. The van der Waals surface area contributed by atoms with Crippen LogP contribution in [0.4, 0.5) is 0 Å². The van der Waals surface area contributed by atoms with E-state index >= 15 is 0 Å². The molecule has 0 saturated heterocycles. The topological polar surface area (TPSA) is 29.9 Å². The first-order valence-corrected chi connectivity index (χ1v) is 7.70. The Morgan fingerprint density at radius 1 is 1.42 bits per heavy atom. The highest BCUT2D eigenvalue weighted by Crippen LogP contribution is 2.33. The SMILES string of the molecule is Cc1nn(C)cc1CNC1CC(C)CCC1C(C)C. The molecule has 1 heterocycles. The van der Waals surface area contributed by atoms with Crippen molar-refractivity contribution in [1.82, 2.24) is 15.1 Å². The van der Waals surface area contributed by atoms with Crippen molar-refractivity contribution in [1.29, 1.82) is 0 Å². The minimum atomic E-state index is 0.670. The third-order valence-electron chi connectivity index (χ3n) is 4.69. The lowest BCUT2D eigenvalue weighted by molar-refractivity contribution is 0.169. The first-order valence-electron chi connectivity index (χ1n) is 7.70. The molecule has 19 heavy (non-hydrogen) atoms. The highest BCUT2D eigenvalue weighted by atomic mass is 15.2. The van der Waals surface area contributed by atoms with E-state index in [1.165, 1.54) is 24.8 Å². The predicted molar refractivity (Wildman–Crippen MR) is 79.9 cm³/mol. The number of hydrogen-bond donors (Lipinski definition) is 1. The molecule has 1 fully saturated rings. The normalized spacial score (nSPS) is 28.0. The van der Waals surface area contributed by atoms with Crippen LogP contribution in [0.25, 0.3) is 0 Å². The Bertz CT molecular complexity index is 408. The van der Waals surface area contributed by atoms with Crippen LogP contribution in [0, 0.1) is 24.7 Å². The van der Waals surface area contributed by atoms with Crippen molar-refractivity contribution >= 4 is 0 Å². The van der Waals surface area contributed by atoms with Crippen LogP contribution < -0.4 is 5.32 Å². The van der Waals surface area contributed by atoms with Crippen molar-refractivity contribution < 1.29 is 0 Å². The van der Waals surface area contributed by atoms with Crippen molar-refractivity contribution in [3.63, 3.8) is 0 Å². The van der Waals surface area contributed by atoms with E-state index < -0.39 is 0 Å². The summed E-state index contributed by atoms with van der Waals surface area (Å²) in [5.41, 5.74) is 2.49. The van der Waals surface area contributed by atoms with E-state index in [2.05, 4.69) is 44.3 Å². The Balaban J connectivity index is 1.97. The molecule has 0 radical (unpaired) electrons. The summed E-state index contributed by atoms with van der Waals surface area (Å²) in [7, 11) is 2.00. The summed E-state index contributed by atoms with van der Waals surface area (Å²) in [6.45, 7) is 10.2. The largest absolute Gasteiger partial charge is 0.310 e. The zero-order chi connectivity index (χ0) is 14.0. The number of hydrogen-bond acceptors (Lipinski definition) is 2. The first kappa shape index (κ1) is 14.6. The van der Waals surface area contributed by atoms with E-state index in [9.17, 15) is 0 Å². The lowest BCUT2D eigenvalue weighted by atomic mass is 9.74. The number of aromatic nitrogens is 2. The molecule has 3 unspecified atom stereocenters. The molecular formula is C16H29N3. The molecule has 0 bridgehead atoms. The zero-order valence-electron chi connectivity index (χ0n) is 13.1. The van der Waals surface area contributed by atoms with Crippen LogP contribution in [0.3, 0.4) is 0 Å². The highest BCUT2D eigenvalue weighted by molar-refractivity contribution is 5.15. The number of nitrogens with one attached hydrogen (secondary N) is 1. The molecule has 3 nitrogen and oxygen atoms in total. The maximum Gasteiger partial charge on any atom is 0.0638 e. The second-order valence-corrected chi connectivity index (χ2v) is 6.73. The Kier molecular flexibility index (Phi) is 4.67. The monoisotopic (exact) mass is 263 g/mol. The molecule has 1 N–H and O–H groups in total. The maximum absolute atomic E-state index is 4.42. The summed E-state index contributed by atoms with van der Waals surface area (Å²) in [6, 6.07) is 0.670. The summed E-state index contributed by atoms with van der Waals surface area (Å²) < 4.78 is 1.91. The fourth-order valence-corrected chi connectivity index (χ4v) is 3.50. The molecule has 1 aliphatic carbocycles. The Morgan fingerprint density at radius 2 is 2.16 bits per heavy atom. The molecule has 2 rings (SSSR count). The van der Waals surface area contributed by atoms with Gasteiger partial charge in [0.1, 0.15) is 0 Å². The van der Waals surface area contributed by atoms with E-state index in [1.54, 1.807) is 0 Å². The molecule has 1 aliphatic rings. The van der Waals surface area contributed by atoms with Crippen LogP contribution in [0.1, 0.15) is 51.3 Å². The van der Waals surface area contributed by atoms with Gasteiger partial charge >= 0.3 is 0 Å². The van der Waals surface area contributed by atoms with Gasteiger partial charge in [0.2, 0.25) is 0 Å². The van der Waals surface area contributed by atoms with Gasteiger partial charge < -0.3 is 5.32 Å². The lowest BCUT2D eigenvalue weighted by Gasteiger charge is -2.38. The van der Waals surface area contributed by atoms with Crippen LogP contribution >= 0.6 is 0 Å². The quantitative estimate of drug-likeness (QED) is 0.903. The summed E-state index contributed by atoms with van der Waals surface area (Å²) in [5, 5.41) is 8.22. The van der Waals surface area contributed by atoms with Gasteiger partial charge in [-0.3, -0.25) is 4.68 Å². The smallest absolute Gasteiger partial charge is 0.0638 e. The van der Waals surface area contributed by atoms with Crippen LogP contribution in [0.15, 0.2) is 6.20 Å². The number of nitrogens with zero attached hydrogens (tertiary/aromatic N) is 2. The highest BCUT2D eigenvalue weighted by Gasteiger charge is 2.30. The van der Waals surface area contributed by atoms with E-state index in [0.29, 0.717) is 6.04 Å². The summed E-state index contributed by atoms with van der Waals surface area (Å²) >= 11 is 0. The average molecular weight is 263 g/mol. The molecule has 0 aliphatic heterocycles. The molecule has 108 valence electrons. The Morgan fingerprint density at radius 3 is 2.74 bits per heavy atom. The second kappa shape index (κ2) is 6.08. The van der Waals surface area contributed by atoms with Crippen molar-refractivity contribution in [2.75, 3.05) is 0 Å². The van der Waals surface area contributed by atoms with Gasteiger partial charge in [-0.25, -0.2) is 0 Å². The van der Waals surface area contributed by atoms with Gasteiger partial charge in [0.05, 0.1) is 5.69 Å². The van der Waals surface area contributed by atoms with Crippen molar-refractivity contribution in [3.8, 4) is 0 Å². The number of aryl methyl sites for hydroxylation is 2. The van der Waals surface area contributed by atoms with Gasteiger partial charge in [0.25, 0.3) is 0 Å². The van der Waals surface area contributed by atoms with E-state index in [-0.39, 0.29) is 0 Å². The molecule has 3 atom stereocenters. The van der Waals surface area contributed by atoms with E-state index in [1.807, 2.05) is 11.7 Å². The van der Waals surface area contributed by atoms with Gasteiger partial charge in [-0.05, 0) is 37.5 Å². The van der Waals surface area contributed by atoms with Crippen molar-refractivity contribution in [2.45, 2.75) is 59.5 Å². The third-order valence-corrected chi connectivity index (χ3v) is 4.69. The lowest BCUT2D eigenvalue weighted by Crippen LogP contribution is -2.42. The molecule has 0 aromatic carbocycles. The average Bonchev–Trinajstić information content (AvgIpc) is 2.65. The zero-order valence-corrected chi connectivity index (χ0v) is 13.1. The van der Waals surface area contributed by atoms with Crippen LogP contribution in [0.5, 0.6) is 0 Å². The van der Waals surface area contributed by atoms with Crippen molar-refractivity contribution in [3.05, 3.63) is 17.5 Å². The predicted octanol–water partition coefficient (Wildman–Crippen LogP) is 3.28. The first-order chi connectivity index (χ1) is 8.97. The molecule has 0 spiro atoms. The maximum atomic E-state index is 4.42. The minimum absolute atomic E-state index is 0.670. The van der Waals surface area contributed by atoms with Crippen LogP contribution in [-0.4, -0.2) is 15.8 Å². The molecule has 1 aromatic heterocycles. The molecule has 1 saturated carbocycles. The Labute approximate surface area is 117 Å². The number of rotatable bonds is 4. The van der Waals surface area contributed by atoms with Crippen LogP contribution in [-0.2, 0) is 13.6 Å². The van der Waals surface area contributed by atoms with Gasteiger partial charge in [-0.1, -0.05) is 27.2 Å². The van der Waals surface area contributed by atoms with Gasteiger partial charge in [0, 0.05) is 31.4 Å². The van der Waals surface area contributed by atoms with Crippen molar-refractivity contribution in [2.24, 2.45) is 24.8 Å². The minimum Gasteiger partial charge on any atom is -0.310 e. The summed E-state index contributed by atoms with van der Waals surface area (Å²) in [4.78, 5) is 0. The summed E-state index contributed by atoms with van der Waals surface area (Å²) in [5.74, 6) is 2.47. The van der Waals surface area contributed by atoms with Gasteiger partial charge in [0.15, 0.2) is 0 Å². The molecule has 1 aromatic rings.